The molecule has 168 valence electrons. The van der Waals surface area contributed by atoms with Crippen molar-refractivity contribution in [2.24, 2.45) is 11.0 Å². The maximum absolute atomic E-state index is 13.3. The fraction of sp³-hybridized carbons (Fsp3) is 0.222. The molecule has 5 nitrogen and oxygen atoms in total. The largest absolute Gasteiger partial charge is 0.326 e. The van der Waals surface area contributed by atoms with E-state index < -0.39 is 0 Å². The van der Waals surface area contributed by atoms with Gasteiger partial charge in [0, 0.05) is 28.6 Å². The number of halogens is 1. The highest BCUT2D eigenvalue weighted by Crippen LogP contribution is 2.34. The van der Waals surface area contributed by atoms with E-state index in [1.807, 2.05) is 80.6 Å². The molecule has 0 fully saturated rings. The van der Waals surface area contributed by atoms with Crippen LogP contribution in [-0.2, 0) is 4.79 Å². The van der Waals surface area contributed by atoms with E-state index in [1.54, 1.807) is 17.1 Å². The highest BCUT2D eigenvalue weighted by molar-refractivity contribution is 9.10. The maximum Gasteiger partial charge on any atom is 0.274 e. The van der Waals surface area contributed by atoms with Crippen molar-refractivity contribution in [3.05, 3.63) is 100 Å². The molecule has 3 aromatic carbocycles. The van der Waals surface area contributed by atoms with Gasteiger partial charge in [0.05, 0.1) is 11.8 Å². The smallest absolute Gasteiger partial charge is 0.274 e. The summed E-state index contributed by atoms with van der Waals surface area (Å²) >= 11 is 3.42. The zero-order valence-corrected chi connectivity index (χ0v) is 20.2. The van der Waals surface area contributed by atoms with Crippen LogP contribution in [0.15, 0.2) is 88.4 Å². The summed E-state index contributed by atoms with van der Waals surface area (Å²) in [4.78, 5) is 25.4. The first-order chi connectivity index (χ1) is 15.9. The fourth-order valence-corrected chi connectivity index (χ4v) is 4.12. The SMILES string of the molecule is CC(C)CC(=O)Nc1ccc(C2=NN(C(=O)c3ccc(Br)cc3)C(c3ccccc3)C2)cc1. The second kappa shape index (κ2) is 10.1. The molecule has 0 bridgehead atoms. The van der Waals surface area contributed by atoms with Gasteiger partial charge in [-0.05, 0) is 53.4 Å². The number of carbonyl (C=O) groups is 2. The Bertz CT molecular complexity index is 1160. The highest BCUT2D eigenvalue weighted by atomic mass is 79.9. The zero-order valence-electron chi connectivity index (χ0n) is 18.7. The lowest BCUT2D eigenvalue weighted by Gasteiger charge is -2.22. The molecule has 4 rings (SSSR count). The van der Waals surface area contributed by atoms with Crippen LogP contribution in [0.1, 0.15) is 54.2 Å². The van der Waals surface area contributed by atoms with Crippen molar-refractivity contribution in [1.29, 1.82) is 0 Å². The zero-order chi connectivity index (χ0) is 23.4. The lowest BCUT2D eigenvalue weighted by molar-refractivity contribution is -0.116. The summed E-state index contributed by atoms with van der Waals surface area (Å²) in [5.41, 5.74) is 4.16. The average molecular weight is 504 g/mol. The van der Waals surface area contributed by atoms with E-state index in [-0.39, 0.29) is 17.9 Å². The van der Waals surface area contributed by atoms with E-state index in [9.17, 15) is 9.59 Å². The van der Waals surface area contributed by atoms with Gasteiger partial charge in [-0.1, -0.05) is 72.2 Å². The molecule has 6 heteroatoms. The Morgan fingerprint density at radius 1 is 1.00 bits per heavy atom. The van der Waals surface area contributed by atoms with E-state index in [0.717, 1.165) is 27.0 Å². The number of nitrogens with one attached hydrogen (secondary N) is 1. The number of hydrogen-bond acceptors (Lipinski definition) is 3. The second-order valence-electron chi connectivity index (χ2n) is 8.56. The molecule has 1 unspecified atom stereocenters. The quantitative estimate of drug-likeness (QED) is 0.421. The molecule has 1 N–H and O–H groups in total. The average Bonchev–Trinajstić information content (AvgIpc) is 3.25. The van der Waals surface area contributed by atoms with Gasteiger partial charge in [-0.25, -0.2) is 5.01 Å². The highest BCUT2D eigenvalue weighted by Gasteiger charge is 2.33. The van der Waals surface area contributed by atoms with Crippen LogP contribution in [0.25, 0.3) is 0 Å². The van der Waals surface area contributed by atoms with Crippen LogP contribution in [0.5, 0.6) is 0 Å². The van der Waals surface area contributed by atoms with Crippen LogP contribution in [0.4, 0.5) is 5.69 Å². The molecule has 0 aromatic heterocycles. The third kappa shape index (κ3) is 5.57. The van der Waals surface area contributed by atoms with Crippen LogP contribution in [0.2, 0.25) is 0 Å². The second-order valence-corrected chi connectivity index (χ2v) is 9.47. The molecular formula is C27H26BrN3O2. The Hall–Kier alpha value is -3.25. The normalized spacial score (nSPS) is 15.5. The van der Waals surface area contributed by atoms with Gasteiger partial charge in [0.1, 0.15) is 0 Å². The van der Waals surface area contributed by atoms with Crippen molar-refractivity contribution in [1.82, 2.24) is 5.01 Å². The lowest BCUT2D eigenvalue weighted by atomic mass is 9.98. The summed E-state index contributed by atoms with van der Waals surface area (Å²) < 4.78 is 0.921. The molecule has 33 heavy (non-hydrogen) atoms. The predicted octanol–water partition coefficient (Wildman–Crippen LogP) is 6.43. The molecule has 2 amide bonds. The van der Waals surface area contributed by atoms with Gasteiger partial charge in [-0.3, -0.25) is 9.59 Å². The van der Waals surface area contributed by atoms with Crippen molar-refractivity contribution < 1.29 is 9.59 Å². The molecule has 0 saturated heterocycles. The summed E-state index contributed by atoms with van der Waals surface area (Å²) in [6.45, 7) is 4.04. The standard InChI is InChI=1S/C27H26BrN3O2/c1-18(2)16-26(32)29-23-14-10-19(11-15-23)24-17-25(20-6-4-3-5-7-20)31(30-24)27(33)21-8-12-22(28)13-9-21/h3-15,18,25H,16-17H2,1-2H3,(H,29,32). The summed E-state index contributed by atoms with van der Waals surface area (Å²) in [6.07, 6.45) is 1.10. The number of amides is 2. The van der Waals surface area contributed by atoms with Crippen LogP contribution in [0.3, 0.4) is 0 Å². The Morgan fingerprint density at radius 3 is 2.30 bits per heavy atom. The van der Waals surface area contributed by atoms with Crippen molar-refractivity contribution in [3.63, 3.8) is 0 Å². The van der Waals surface area contributed by atoms with E-state index in [4.69, 9.17) is 5.10 Å². The first-order valence-electron chi connectivity index (χ1n) is 11.0. The molecule has 0 saturated carbocycles. The monoisotopic (exact) mass is 503 g/mol. The number of anilines is 1. The van der Waals surface area contributed by atoms with E-state index in [2.05, 4.69) is 21.2 Å². The summed E-state index contributed by atoms with van der Waals surface area (Å²) in [5.74, 6) is 0.177. The van der Waals surface area contributed by atoms with Crippen molar-refractivity contribution in [2.45, 2.75) is 32.7 Å². The minimum absolute atomic E-state index is 0.00590. The molecule has 0 spiro atoms. The van der Waals surface area contributed by atoms with Gasteiger partial charge >= 0.3 is 0 Å². The number of hydrogen-bond donors (Lipinski definition) is 1. The van der Waals surface area contributed by atoms with Crippen LogP contribution in [0, 0.1) is 5.92 Å². The summed E-state index contributed by atoms with van der Waals surface area (Å²) in [5, 5.41) is 9.27. The van der Waals surface area contributed by atoms with Crippen molar-refractivity contribution in [3.8, 4) is 0 Å². The third-order valence-corrected chi connectivity index (χ3v) is 6.02. The van der Waals surface area contributed by atoms with Gasteiger partial charge in [0.2, 0.25) is 5.91 Å². The van der Waals surface area contributed by atoms with Gasteiger partial charge in [0.15, 0.2) is 0 Å². The molecule has 1 aliphatic rings. The third-order valence-electron chi connectivity index (χ3n) is 5.49. The fourth-order valence-electron chi connectivity index (χ4n) is 3.86. The van der Waals surface area contributed by atoms with Gasteiger partial charge < -0.3 is 5.32 Å². The van der Waals surface area contributed by atoms with Crippen molar-refractivity contribution in [2.75, 3.05) is 5.32 Å². The van der Waals surface area contributed by atoms with E-state index in [1.165, 1.54) is 0 Å². The van der Waals surface area contributed by atoms with Gasteiger partial charge in [-0.15, -0.1) is 0 Å². The number of hydrazone groups is 1. The lowest BCUT2D eigenvalue weighted by Crippen LogP contribution is -2.27. The Morgan fingerprint density at radius 2 is 1.67 bits per heavy atom. The minimum atomic E-state index is -0.178. The topological polar surface area (TPSA) is 61.8 Å². The van der Waals surface area contributed by atoms with Crippen LogP contribution < -0.4 is 5.32 Å². The molecular weight excluding hydrogens is 478 g/mol. The first-order valence-corrected chi connectivity index (χ1v) is 11.8. The minimum Gasteiger partial charge on any atom is -0.326 e. The number of carbonyl (C=O) groups excluding carboxylic acids is 2. The van der Waals surface area contributed by atoms with Crippen LogP contribution in [-0.4, -0.2) is 22.5 Å². The van der Waals surface area contributed by atoms with E-state index >= 15 is 0 Å². The predicted molar refractivity (Wildman–Crippen MR) is 135 cm³/mol. The summed E-state index contributed by atoms with van der Waals surface area (Å²) in [6, 6.07) is 24.8. The number of benzene rings is 3. The number of nitrogens with zero attached hydrogens (tertiary/aromatic N) is 2. The molecule has 0 radical (unpaired) electrons. The molecule has 0 aliphatic carbocycles. The summed E-state index contributed by atoms with van der Waals surface area (Å²) in [7, 11) is 0. The first kappa shape index (κ1) is 22.9. The molecule has 1 atom stereocenters. The van der Waals surface area contributed by atoms with Crippen molar-refractivity contribution >= 4 is 39.1 Å². The Balaban J connectivity index is 1.59. The molecule has 3 aromatic rings. The number of rotatable bonds is 6. The Kier molecular flexibility index (Phi) is 7.04. The van der Waals surface area contributed by atoms with E-state index in [0.29, 0.717) is 24.3 Å². The Labute approximate surface area is 202 Å². The maximum atomic E-state index is 13.3. The van der Waals surface area contributed by atoms with Gasteiger partial charge in [-0.2, -0.15) is 5.10 Å². The van der Waals surface area contributed by atoms with Crippen LogP contribution >= 0.6 is 15.9 Å². The molecule has 1 heterocycles. The molecule has 1 aliphatic heterocycles. The van der Waals surface area contributed by atoms with Gasteiger partial charge in [0.25, 0.3) is 5.91 Å².